The van der Waals surface area contributed by atoms with Crippen LogP contribution in [0, 0.1) is 5.82 Å². The normalized spacial score (nSPS) is 12.7. The second-order valence-electron chi connectivity index (χ2n) is 3.94. The number of nitrogens with two attached hydrogens (primary N) is 1. The highest BCUT2D eigenvalue weighted by Crippen LogP contribution is 2.25. The van der Waals surface area contributed by atoms with E-state index in [0.717, 1.165) is 11.3 Å². The van der Waals surface area contributed by atoms with Gasteiger partial charge in [0.15, 0.2) is 4.60 Å². The summed E-state index contributed by atoms with van der Waals surface area (Å²) in [5.74, 6) is -0.360. The third-order valence-corrected chi connectivity index (χ3v) is 3.55. The summed E-state index contributed by atoms with van der Waals surface area (Å²) in [6, 6.07) is 3.96. The van der Waals surface area contributed by atoms with Crippen LogP contribution in [0.1, 0.15) is 17.3 Å². The van der Waals surface area contributed by atoms with E-state index in [1.807, 2.05) is 0 Å². The lowest BCUT2D eigenvalue weighted by Crippen LogP contribution is -2.18. The maximum atomic E-state index is 12.9. The predicted molar refractivity (Wildman–Crippen MR) is 70.7 cm³/mol. The largest absolute Gasteiger partial charge is 0.322 e. The lowest BCUT2D eigenvalue weighted by Gasteiger charge is -2.13. The molecule has 96 valence electrons. The zero-order valence-corrected chi connectivity index (χ0v) is 11.9. The molecule has 2 rings (SSSR count). The van der Waals surface area contributed by atoms with Gasteiger partial charge in [-0.1, -0.05) is 22.9 Å². The standard InChI is InChI=1S/C11H11BrClFN4/c1-18-10(11(12)16-17-18)9(15)4-6-2-3-7(14)5-8(6)13/h2-3,5,9H,4,15H2,1H3. The molecule has 7 heteroatoms. The van der Waals surface area contributed by atoms with Crippen molar-refractivity contribution in [2.75, 3.05) is 0 Å². The topological polar surface area (TPSA) is 56.7 Å². The SMILES string of the molecule is Cn1nnc(Br)c1C(N)Cc1ccc(F)cc1Cl. The molecule has 0 amide bonds. The number of benzene rings is 1. The fourth-order valence-electron chi connectivity index (χ4n) is 1.75. The van der Waals surface area contributed by atoms with Gasteiger partial charge in [0.25, 0.3) is 0 Å². The van der Waals surface area contributed by atoms with Crippen molar-refractivity contribution in [3.63, 3.8) is 0 Å². The molecule has 0 radical (unpaired) electrons. The van der Waals surface area contributed by atoms with Crippen LogP contribution in [-0.4, -0.2) is 15.0 Å². The summed E-state index contributed by atoms with van der Waals surface area (Å²) in [5.41, 5.74) is 7.66. The van der Waals surface area contributed by atoms with Gasteiger partial charge < -0.3 is 5.73 Å². The Balaban J connectivity index is 2.24. The number of hydrogen-bond donors (Lipinski definition) is 1. The van der Waals surface area contributed by atoms with Gasteiger partial charge in [0.1, 0.15) is 5.82 Å². The van der Waals surface area contributed by atoms with Gasteiger partial charge in [-0.15, -0.1) is 5.10 Å². The highest BCUT2D eigenvalue weighted by molar-refractivity contribution is 9.10. The Morgan fingerprint density at radius 2 is 2.28 bits per heavy atom. The molecule has 1 atom stereocenters. The zero-order chi connectivity index (χ0) is 13.3. The summed E-state index contributed by atoms with van der Waals surface area (Å²) in [5, 5.41) is 8.11. The van der Waals surface area contributed by atoms with E-state index in [-0.39, 0.29) is 11.9 Å². The fourth-order valence-corrected chi connectivity index (χ4v) is 2.62. The smallest absolute Gasteiger partial charge is 0.153 e. The summed E-state index contributed by atoms with van der Waals surface area (Å²) >= 11 is 9.26. The van der Waals surface area contributed by atoms with Gasteiger partial charge in [-0.2, -0.15) is 0 Å². The molecule has 0 aliphatic carbocycles. The molecule has 0 aliphatic heterocycles. The molecule has 1 unspecified atom stereocenters. The van der Waals surface area contributed by atoms with Crippen LogP contribution in [0.15, 0.2) is 22.8 Å². The monoisotopic (exact) mass is 332 g/mol. The molecule has 1 heterocycles. The number of hydrogen-bond acceptors (Lipinski definition) is 3. The molecule has 0 bridgehead atoms. The Kier molecular flexibility index (Phi) is 3.99. The van der Waals surface area contributed by atoms with Gasteiger partial charge in [0.05, 0.1) is 11.7 Å². The number of aryl methyl sites for hydroxylation is 1. The van der Waals surface area contributed by atoms with Crippen molar-refractivity contribution in [1.82, 2.24) is 15.0 Å². The Hall–Kier alpha value is -0.980. The van der Waals surface area contributed by atoms with Crippen molar-refractivity contribution in [3.05, 3.63) is 44.9 Å². The summed E-state index contributed by atoms with van der Waals surface area (Å²) < 4.78 is 15.1. The molecular formula is C11H11BrClFN4. The van der Waals surface area contributed by atoms with Crippen molar-refractivity contribution < 1.29 is 4.39 Å². The summed E-state index contributed by atoms with van der Waals surface area (Å²) in [4.78, 5) is 0. The first-order valence-electron chi connectivity index (χ1n) is 5.23. The molecular weight excluding hydrogens is 323 g/mol. The van der Waals surface area contributed by atoms with Crippen molar-refractivity contribution in [2.24, 2.45) is 12.8 Å². The minimum Gasteiger partial charge on any atom is -0.322 e. The molecule has 0 saturated heterocycles. The number of aromatic nitrogens is 3. The Morgan fingerprint density at radius 3 is 2.83 bits per heavy atom. The lowest BCUT2D eigenvalue weighted by molar-refractivity contribution is 0.603. The van der Waals surface area contributed by atoms with Gasteiger partial charge in [-0.3, -0.25) is 0 Å². The van der Waals surface area contributed by atoms with E-state index < -0.39 is 0 Å². The summed E-state index contributed by atoms with van der Waals surface area (Å²) in [6.45, 7) is 0. The highest BCUT2D eigenvalue weighted by atomic mass is 79.9. The average molecular weight is 334 g/mol. The maximum Gasteiger partial charge on any atom is 0.153 e. The Bertz CT molecular complexity index is 553. The van der Waals surface area contributed by atoms with Gasteiger partial charge in [0.2, 0.25) is 0 Å². The Labute approximate surface area is 117 Å². The van der Waals surface area contributed by atoms with Crippen molar-refractivity contribution in [2.45, 2.75) is 12.5 Å². The van der Waals surface area contributed by atoms with Crippen LogP contribution >= 0.6 is 27.5 Å². The summed E-state index contributed by atoms with van der Waals surface area (Å²) in [7, 11) is 1.76. The first-order chi connectivity index (χ1) is 8.49. The van der Waals surface area contributed by atoms with Crippen LogP contribution in [-0.2, 0) is 13.5 Å². The van der Waals surface area contributed by atoms with Crippen LogP contribution < -0.4 is 5.73 Å². The molecule has 1 aromatic carbocycles. The minimum absolute atomic E-state index is 0.317. The average Bonchev–Trinajstić information content (AvgIpc) is 2.62. The van der Waals surface area contributed by atoms with E-state index in [1.54, 1.807) is 17.8 Å². The third kappa shape index (κ3) is 2.71. The second kappa shape index (κ2) is 5.34. The molecule has 1 aromatic heterocycles. The molecule has 2 N–H and O–H groups in total. The number of nitrogens with zero attached hydrogens (tertiary/aromatic N) is 3. The first-order valence-corrected chi connectivity index (χ1v) is 6.40. The van der Waals surface area contributed by atoms with Crippen LogP contribution in [0.25, 0.3) is 0 Å². The molecule has 4 nitrogen and oxygen atoms in total. The minimum atomic E-state index is -0.360. The molecule has 0 aliphatic rings. The lowest BCUT2D eigenvalue weighted by atomic mass is 10.0. The maximum absolute atomic E-state index is 12.9. The summed E-state index contributed by atoms with van der Waals surface area (Å²) in [6.07, 6.45) is 0.485. The Morgan fingerprint density at radius 1 is 1.56 bits per heavy atom. The quantitative estimate of drug-likeness (QED) is 0.939. The van der Waals surface area contributed by atoms with E-state index >= 15 is 0 Å². The number of halogens is 3. The molecule has 18 heavy (non-hydrogen) atoms. The van der Waals surface area contributed by atoms with E-state index in [0.29, 0.717) is 16.0 Å². The second-order valence-corrected chi connectivity index (χ2v) is 5.09. The predicted octanol–water partition coefficient (Wildman–Crippen LogP) is 2.61. The van der Waals surface area contributed by atoms with Gasteiger partial charge in [-0.25, -0.2) is 9.07 Å². The van der Waals surface area contributed by atoms with E-state index in [2.05, 4.69) is 26.2 Å². The van der Waals surface area contributed by atoms with E-state index in [1.165, 1.54) is 12.1 Å². The van der Waals surface area contributed by atoms with Crippen molar-refractivity contribution in [3.8, 4) is 0 Å². The van der Waals surface area contributed by atoms with E-state index in [4.69, 9.17) is 17.3 Å². The molecule has 0 fully saturated rings. The van der Waals surface area contributed by atoms with Crippen LogP contribution in [0.4, 0.5) is 4.39 Å². The van der Waals surface area contributed by atoms with Gasteiger partial charge >= 0.3 is 0 Å². The van der Waals surface area contributed by atoms with Gasteiger partial charge in [0, 0.05) is 12.1 Å². The molecule has 0 spiro atoms. The third-order valence-electron chi connectivity index (χ3n) is 2.63. The fraction of sp³-hybridized carbons (Fsp3) is 0.273. The molecule has 0 saturated carbocycles. The number of rotatable bonds is 3. The van der Waals surface area contributed by atoms with Crippen molar-refractivity contribution >= 4 is 27.5 Å². The first kappa shape index (κ1) is 13.5. The highest BCUT2D eigenvalue weighted by Gasteiger charge is 2.18. The molecule has 2 aromatic rings. The van der Waals surface area contributed by atoms with Crippen LogP contribution in [0.5, 0.6) is 0 Å². The van der Waals surface area contributed by atoms with Gasteiger partial charge in [-0.05, 0) is 40.0 Å². The zero-order valence-electron chi connectivity index (χ0n) is 9.57. The van der Waals surface area contributed by atoms with Crippen LogP contribution in [0.3, 0.4) is 0 Å². The van der Waals surface area contributed by atoms with E-state index in [9.17, 15) is 4.39 Å². The van der Waals surface area contributed by atoms with Crippen molar-refractivity contribution in [1.29, 1.82) is 0 Å². The van der Waals surface area contributed by atoms with Crippen LogP contribution in [0.2, 0.25) is 5.02 Å².